The SMILES string of the molecule is COC(=O)C1CC12CCN(CC1(C)CCNC1)CC2.Cl. The summed E-state index contributed by atoms with van der Waals surface area (Å²) in [6.45, 7) is 8.23. The molecular formula is C15H27ClN2O2. The molecule has 0 bridgehead atoms. The number of carbonyl (C=O) groups excluding carboxylic acids is 1. The Morgan fingerprint density at radius 3 is 2.60 bits per heavy atom. The Bertz CT molecular complexity index is 361. The van der Waals surface area contributed by atoms with Crippen LogP contribution < -0.4 is 5.32 Å². The summed E-state index contributed by atoms with van der Waals surface area (Å²) in [7, 11) is 1.51. The van der Waals surface area contributed by atoms with E-state index in [9.17, 15) is 4.79 Å². The third-order valence-corrected chi connectivity index (χ3v) is 5.59. The van der Waals surface area contributed by atoms with Crippen LogP contribution in [0.2, 0.25) is 0 Å². The van der Waals surface area contributed by atoms with Crippen LogP contribution in [0.3, 0.4) is 0 Å². The predicted molar refractivity (Wildman–Crippen MR) is 81.1 cm³/mol. The van der Waals surface area contributed by atoms with Crippen LogP contribution in [0.5, 0.6) is 0 Å². The smallest absolute Gasteiger partial charge is 0.309 e. The molecule has 2 aliphatic heterocycles. The van der Waals surface area contributed by atoms with E-state index in [-0.39, 0.29) is 24.3 Å². The van der Waals surface area contributed by atoms with Gasteiger partial charge in [-0.25, -0.2) is 0 Å². The molecule has 1 aliphatic carbocycles. The van der Waals surface area contributed by atoms with Crippen molar-refractivity contribution in [2.45, 2.75) is 32.6 Å². The van der Waals surface area contributed by atoms with Gasteiger partial charge >= 0.3 is 5.97 Å². The lowest BCUT2D eigenvalue weighted by Crippen LogP contribution is -2.42. The van der Waals surface area contributed by atoms with E-state index in [0.717, 1.165) is 26.1 Å². The summed E-state index contributed by atoms with van der Waals surface area (Å²) in [5.74, 6) is 0.212. The first-order chi connectivity index (χ1) is 9.07. The van der Waals surface area contributed by atoms with Gasteiger partial charge in [-0.15, -0.1) is 12.4 Å². The lowest BCUT2D eigenvalue weighted by Gasteiger charge is -2.37. The van der Waals surface area contributed by atoms with Gasteiger partial charge in [-0.3, -0.25) is 4.79 Å². The van der Waals surface area contributed by atoms with Gasteiger partial charge in [0.2, 0.25) is 0 Å². The Hall–Kier alpha value is -0.320. The molecule has 0 aromatic heterocycles. The number of esters is 1. The number of methoxy groups -OCH3 is 1. The Morgan fingerprint density at radius 1 is 1.35 bits per heavy atom. The van der Waals surface area contributed by atoms with Gasteiger partial charge in [-0.05, 0) is 56.1 Å². The van der Waals surface area contributed by atoms with Crippen molar-refractivity contribution >= 4 is 18.4 Å². The number of halogens is 1. The summed E-state index contributed by atoms with van der Waals surface area (Å²) in [5.41, 5.74) is 0.758. The minimum absolute atomic E-state index is 0. The number of carbonyl (C=O) groups is 1. The topological polar surface area (TPSA) is 41.6 Å². The van der Waals surface area contributed by atoms with Crippen molar-refractivity contribution in [1.29, 1.82) is 0 Å². The van der Waals surface area contributed by atoms with Crippen molar-refractivity contribution in [3.63, 3.8) is 0 Å². The molecule has 20 heavy (non-hydrogen) atoms. The highest BCUT2D eigenvalue weighted by atomic mass is 35.5. The second-order valence-electron chi connectivity index (χ2n) is 7.16. The molecule has 1 saturated carbocycles. The highest BCUT2D eigenvalue weighted by Crippen LogP contribution is 2.59. The largest absolute Gasteiger partial charge is 0.469 e. The maximum absolute atomic E-state index is 11.6. The molecule has 4 nitrogen and oxygen atoms in total. The Kier molecular flexibility index (Phi) is 4.67. The van der Waals surface area contributed by atoms with Gasteiger partial charge < -0.3 is 15.0 Å². The van der Waals surface area contributed by atoms with Crippen LogP contribution in [0.4, 0.5) is 0 Å². The maximum atomic E-state index is 11.6. The molecule has 1 N–H and O–H groups in total. The van der Waals surface area contributed by atoms with Crippen LogP contribution in [0.15, 0.2) is 0 Å². The average molecular weight is 303 g/mol. The summed E-state index contributed by atoms with van der Waals surface area (Å²) in [6, 6.07) is 0. The highest BCUT2D eigenvalue weighted by Gasteiger charge is 2.59. The first-order valence-electron chi connectivity index (χ1n) is 7.58. The number of nitrogens with one attached hydrogen (secondary N) is 1. The van der Waals surface area contributed by atoms with E-state index in [1.54, 1.807) is 0 Å². The summed E-state index contributed by atoms with van der Waals surface area (Å²) in [5, 5.41) is 3.47. The standard InChI is InChI=1S/C15H26N2O2.ClH/c1-14(3-6-16-10-14)11-17-7-4-15(5-8-17)9-12(15)13(18)19-2;/h12,16H,3-11H2,1-2H3;1H. The number of likely N-dealkylation sites (tertiary alicyclic amines) is 1. The molecule has 116 valence electrons. The Balaban J connectivity index is 0.00000147. The van der Waals surface area contributed by atoms with Gasteiger partial charge in [0, 0.05) is 13.1 Å². The maximum Gasteiger partial charge on any atom is 0.309 e. The predicted octanol–water partition coefficient (Wildman–Crippen LogP) is 1.68. The van der Waals surface area contributed by atoms with E-state index in [4.69, 9.17) is 4.74 Å². The second-order valence-corrected chi connectivity index (χ2v) is 7.16. The van der Waals surface area contributed by atoms with Gasteiger partial charge in [0.1, 0.15) is 0 Å². The molecule has 3 rings (SSSR count). The molecule has 2 unspecified atom stereocenters. The van der Waals surface area contributed by atoms with Gasteiger partial charge in [0.15, 0.2) is 0 Å². The molecule has 0 aromatic rings. The van der Waals surface area contributed by atoms with E-state index < -0.39 is 0 Å². The van der Waals surface area contributed by atoms with E-state index in [2.05, 4.69) is 17.1 Å². The first kappa shape index (κ1) is 16.1. The summed E-state index contributed by atoms with van der Waals surface area (Å²) in [6.07, 6.45) is 4.71. The quantitative estimate of drug-likeness (QED) is 0.806. The minimum Gasteiger partial charge on any atom is -0.469 e. The number of rotatable bonds is 3. The number of hydrogen-bond acceptors (Lipinski definition) is 4. The summed E-state index contributed by atoms with van der Waals surface area (Å²) < 4.78 is 4.89. The first-order valence-corrected chi connectivity index (χ1v) is 7.58. The van der Waals surface area contributed by atoms with Crippen LogP contribution in [-0.4, -0.2) is 50.7 Å². The molecule has 3 fully saturated rings. The molecule has 1 spiro atoms. The molecule has 5 heteroatoms. The normalized spacial score (nSPS) is 35.6. The van der Waals surface area contributed by atoms with Crippen molar-refractivity contribution in [3.8, 4) is 0 Å². The van der Waals surface area contributed by atoms with Crippen molar-refractivity contribution in [1.82, 2.24) is 10.2 Å². The van der Waals surface area contributed by atoms with Gasteiger partial charge in [0.25, 0.3) is 0 Å². The third kappa shape index (κ3) is 2.97. The molecule has 2 saturated heterocycles. The molecular weight excluding hydrogens is 276 g/mol. The van der Waals surface area contributed by atoms with Gasteiger partial charge in [-0.1, -0.05) is 6.92 Å². The lowest BCUT2D eigenvalue weighted by molar-refractivity contribution is -0.143. The zero-order chi connectivity index (χ0) is 13.5. The summed E-state index contributed by atoms with van der Waals surface area (Å²) in [4.78, 5) is 14.2. The van der Waals surface area contributed by atoms with Crippen molar-refractivity contribution in [3.05, 3.63) is 0 Å². The van der Waals surface area contributed by atoms with Crippen molar-refractivity contribution in [2.24, 2.45) is 16.7 Å². The molecule has 0 amide bonds. The fraction of sp³-hybridized carbons (Fsp3) is 0.933. The zero-order valence-corrected chi connectivity index (χ0v) is 13.4. The molecule has 2 heterocycles. The Morgan fingerprint density at radius 2 is 2.05 bits per heavy atom. The van der Waals surface area contributed by atoms with Gasteiger partial charge in [0.05, 0.1) is 13.0 Å². The average Bonchev–Trinajstić information content (AvgIpc) is 2.95. The molecule has 0 aromatic carbocycles. The molecule has 2 atom stereocenters. The van der Waals surface area contributed by atoms with Crippen LogP contribution in [-0.2, 0) is 9.53 Å². The molecule has 3 aliphatic rings. The minimum atomic E-state index is 0. The monoisotopic (exact) mass is 302 g/mol. The van der Waals surface area contributed by atoms with Crippen LogP contribution in [0, 0.1) is 16.7 Å². The van der Waals surface area contributed by atoms with E-state index >= 15 is 0 Å². The third-order valence-electron chi connectivity index (χ3n) is 5.59. The lowest BCUT2D eigenvalue weighted by atomic mass is 9.86. The van der Waals surface area contributed by atoms with E-state index in [1.165, 1.54) is 39.5 Å². The Labute approximate surface area is 128 Å². The van der Waals surface area contributed by atoms with Crippen LogP contribution in [0.25, 0.3) is 0 Å². The highest BCUT2D eigenvalue weighted by molar-refractivity contribution is 5.85. The zero-order valence-electron chi connectivity index (χ0n) is 12.6. The van der Waals surface area contributed by atoms with Crippen molar-refractivity contribution < 1.29 is 9.53 Å². The van der Waals surface area contributed by atoms with Gasteiger partial charge in [-0.2, -0.15) is 0 Å². The van der Waals surface area contributed by atoms with Crippen LogP contribution in [0.1, 0.15) is 32.6 Å². The van der Waals surface area contributed by atoms with E-state index in [1.807, 2.05) is 0 Å². The van der Waals surface area contributed by atoms with E-state index in [0.29, 0.717) is 10.8 Å². The van der Waals surface area contributed by atoms with Crippen molar-refractivity contribution in [2.75, 3.05) is 39.8 Å². The number of nitrogens with zero attached hydrogens (tertiary/aromatic N) is 1. The molecule has 0 radical (unpaired) electrons. The second kappa shape index (κ2) is 5.82. The number of piperidine rings is 1. The fourth-order valence-corrected chi connectivity index (χ4v) is 4.08. The fourth-order valence-electron chi connectivity index (χ4n) is 4.08. The number of ether oxygens (including phenoxy) is 1. The summed E-state index contributed by atoms with van der Waals surface area (Å²) >= 11 is 0. The number of hydrogen-bond donors (Lipinski definition) is 1. The van der Waals surface area contributed by atoms with Crippen LogP contribution >= 0.6 is 12.4 Å².